The summed E-state index contributed by atoms with van der Waals surface area (Å²) in [6, 6.07) is 0. The molecule has 0 radical (unpaired) electrons. The van der Waals surface area contributed by atoms with Gasteiger partial charge in [-0.3, -0.25) is 0 Å². The topological polar surface area (TPSA) is 17.1 Å². The second-order valence-corrected chi connectivity index (χ2v) is 3.17. The first-order valence-electron chi connectivity index (χ1n) is 3.87. The van der Waals surface area contributed by atoms with Gasteiger partial charge in [-0.15, -0.1) is 6.58 Å². The van der Waals surface area contributed by atoms with Crippen molar-refractivity contribution in [3.05, 3.63) is 12.7 Å². The van der Waals surface area contributed by atoms with Crippen LogP contribution < -0.4 is 0 Å². The molecule has 1 aliphatic carbocycles. The van der Waals surface area contributed by atoms with Crippen molar-refractivity contribution in [3.63, 3.8) is 0 Å². The highest BCUT2D eigenvalue weighted by Crippen LogP contribution is 2.35. The first-order chi connectivity index (χ1) is 4.79. The maximum absolute atomic E-state index is 10.5. The monoisotopic (exact) mass is 138 g/mol. The first-order valence-corrected chi connectivity index (χ1v) is 3.87. The summed E-state index contributed by atoms with van der Waals surface area (Å²) in [7, 11) is 0. The maximum atomic E-state index is 10.5. The third-order valence-corrected chi connectivity index (χ3v) is 2.55. The van der Waals surface area contributed by atoms with E-state index in [0.29, 0.717) is 11.8 Å². The van der Waals surface area contributed by atoms with E-state index >= 15 is 0 Å². The molecule has 10 heavy (non-hydrogen) atoms. The highest BCUT2D eigenvalue weighted by Gasteiger charge is 2.30. The minimum atomic E-state index is 0.257. The molecular weight excluding hydrogens is 124 g/mol. The molecule has 1 saturated carbocycles. The van der Waals surface area contributed by atoms with Crippen molar-refractivity contribution in [1.29, 1.82) is 0 Å². The van der Waals surface area contributed by atoms with E-state index in [2.05, 4.69) is 13.5 Å². The van der Waals surface area contributed by atoms with E-state index in [4.69, 9.17) is 0 Å². The largest absolute Gasteiger partial charge is 0.303 e. The van der Waals surface area contributed by atoms with Crippen LogP contribution >= 0.6 is 0 Å². The van der Waals surface area contributed by atoms with Gasteiger partial charge in [-0.2, -0.15) is 0 Å². The second kappa shape index (κ2) is 3.00. The van der Waals surface area contributed by atoms with Crippen LogP contribution in [0.3, 0.4) is 0 Å². The zero-order chi connectivity index (χ0) is 7.56. The highest BCUT2D eigenvalue weighted by molar-refractivity contribution is 5.55. The lowest BCUT2D eigenvalue weighted by Crippen LogP contribution is -2.10. The molecule has 0 saturated heterocycles. The number of hydrogen-bond donors (Lipinski definition) is 0. The van der Waals surface area contributed by atoms with Gasteiger partial charge in [0.05, 0.1) is 0 Å². The zero-order valence-electron chi connectivity index (χ0n) is 6.42. The quantitative estimate of drug-likeness (QED) is 0.421. The van der Waals surface area contributed by atoms with Crippen LogP contribution in [0.5, 0.6) is 0 Å². The molecule has 0 amide bonds. The molecule has 0 N–H and O–H groups in total. The van der Waals surface area contributed by atoms with E-state index in [1.54, 1.807) is 0 Å². The Labute approximate surface area is 62.1 Å². The maximum Gasteiger partial charge on any atom is 0.123 e. The summed E-state index contributed by atoms with van der Waals surface area (Å²) < 4.78 is 0. The second-order valence-electron chi connectivity index (χ2n) is 3.17. The molecule has 1 rings (SSSR count). The number of allylic oxidation sites excluding steroid dienone is 1. The third kappa shape index (κ3) is 1.13. The molecule has 0 aromatic carbocycles. The van der Waals surface area contributed by atoms with Gasteiger partial charge in [-0.1, -0.05) is 13.0 Å². The van der Waals surface area contributed by atoms with Gasteiger partial charge >= 0.3 is 0 Å². The van der Waals surface area contributed by atoms with Crippen LogP contribution in [0.15, 0.2) is 12.7 Å². The minimum absolute atomic E-state index is 0.257. The average Bonchev–Trinajstić information content (AvgIpc) is 2.30. The molecule has 0 spiro atoms. The molecule has 56 valence electrons. The predicted molar refractivity (Wildman–Crippen MR) is 41.6 cm³/mol. The van der Waals surface area contributed by atoms with Gasteiger partial charge in [-0.25, -0.2) is 0 Å². The van der Waals surface area contributed by atoms with E-state index in [1.807, 2.05) is 6.08 Å². The molecule has 0 unspecified atom stereocenters. The molecule has 1 fully saturated rings. The van der Waals surface area contributed by atoms with Crippen LogP contribution in [-0.4, -0.2) is 6.29 Å². The third-order valence-electron chi connectivity index (χ3n) is 2.55. The summed E-state index contributed by atoms with van der Waals surface area (Å²) >= 11 is 0. The van der Waals surface area contributed by atoms with Crippen LogP contribution in [0.1, 0.15) is 19.8 Å². The highest BCUT2D eigenvalue weighted by atomic mass is 16.1. The van der Waals surface area contributed by atoms with E-state index in [0.717, 1.165) is 12.7 Å². The average molecular weight is 138 g/mol. The van der Waals surface area contributed by atoms with Crippen molar-refractivity contribution in [2.24, 2.45) is 17.8 Å². The minimum Gasteiger partial charge on any atom is -0.303 e. The first kappa shape index (κ1) is 7.52. The van der Waals surface area contributed by atoms with Crippen LogP contribution in [0.4, 0.5) is 0 Å². The fourth-order valence-corrected chi connectivity index (χ4v) is 1.83. The fraction of sp³-hybridized carbons (Fsp3) is 0.667. The number of carbonyl (C=O) groups is 1. The van der Waals surface area contributed by atoms with Gasteiger partial charge in [-0.05, 0) is 24.7 Å². The molecule has 0 aromatic heterocycles. The van der Waals surface area contributed by atoms with Gasteiger partial charge in [0.1, 0.15) is 6.29 Å². The van der Waals surface area contributed by atoms with Crippen LogP contribution in [0.2, 0.25) is 0 Å². The summed E-state index contributed by atoms with van der Waals surface area (Å²) in [6.07, 6.45) is 5.24. The molecule has 0 heterocycles. The Bertz CT molecular complexity index is 140. The normalized spacial score (nSPS) is 39.5. The van der Waals surface area contributed by atoms with Crippen LogP contribution in [0, 0.1) is 17.8 Å². The summed E-state index contributed by atoms with van der Waals surface area (Å²) in [5, 5.41) is 0. The van der Waals surface area contributed by atoms with E-state index in [9.17, 15) is 4.79 Å². The molecule has 3 atom stereocenters. The van der Waals surface area contributed by atoms with Crippen molar-refractivity contribution in [1.82, 2.24) is 0 Å². The lowest BCUT2D eigenvalue weighted by molar-refractivity contribution is -0.111. The Morgan fingerprint density at radius 2 is 2.20 bits per heavy atom. The standard InChI is InChI=1S/C9H14O/c1-3-9-7(2)4-5-8(9)6-10/h3,6-9H,1,4-5H2,2H3/t7-,8+,9-/m1/s1. The number of carbonyl (C=O) groups excluding carboxylic acids is 1. The molecular formula is C9H14O. The summed E-state index contributed by atoms with van der Waals surface area (Å²) in [5.74, 6) is 1.36. The zero-order valence-corrected chi connectivity index (χ0v) is 6.42. The van der Waals surface area contributed by atoms with E-state index in [-0.39, 0.29) is 5.92 Å². The fourth-order valence-electron chi connectivity index (χ4n) is 1.83. The molecule has 1 aliphatic rings. The van der Waals surface area contributed by atoms with E-state index in [1.165, 1.54) is 6.42 Å². The molecule has 0 bridgehead atoms. The van der Waals surface area contributed by atoms with Gasteiger partial charge in [0.25, 0.3) is 0 Å². The van der Waals surface area contributed by atoms with Gasteiger partial charge < -0.3 is 4.79 Å². The Balaban J connectivity index is 2.61. The summed E-state index contributed by atoms with van der Waals surface area (Å²) in [6.45, 7) is 5.92. The van der Waals surface area contributed by atoms with E-state index < -0.39 is 0 Å². The van der Waals surface area contributed by atoms with Crippen LogP contribution in [-0.2, 0) is 4.79 Å². The smallest absolute Gasteiger partial charge is 0.123 e. The van der Waals surface area contributed by atoms with Gasteiger partial charge in [0.2, 0.25) is 0 Å². The SMILES string of the molecule is C=C[C@@H]1[C@H](C)CC[C@H]1C=O. The van der Waals surface area contributed by atoms with Crippen molar-refractivity contribution >= 4 is 6.29 Å². The van der Waals surface area contributed by atoms with Crippen LogP contribution in [0.25, 0.3) is 0 Å². The number of rotatable bonds is 2. The molecule has 1 nitrogen and oxygen atoms in total. The van der Waals surface area contributed by atoms with Crippen molar-refractivity contribution in [3.8, 4) is 0 Å². The number of aldehydes is 1. The van der Waals surface area contributed by atoms with Gasteiger partial charge in [0, 0.05) is 5.92 Å². The molecule has 1 heteroatoms. The lowest BCUT2D eigenvalue weighted by atomic mass is 9.92. The molecule has 0 aliphatic heterocycles. The molecule has 0 aromatic rings. The Hall–Kier alpha value is -0.590. The Kier molecular flexibility index (Phi) is 2.25. The van der Waals surface area contributed by atoms with Crippen molar-refractivity contribution in [2.75, 3.05) is 0 Å². The summed E-state index contributed by atoms with van der Waals surface area (Å²) in [4.78, 5) is 10.5. The summed E-state index contributed by atoms with van der Waals surface area (Å²) in [5.41, 5.74) is 0. The Morgan fingerprint density at radius 1 is 1.50 bits per heavy atom. The van der Waals surface area contributed by atoms with Crippen molar-refractivity contribution in [2.45, 2.75) is 19.8 Å². The lowest BCUT2D eigenvalue weighted by Gasteiger charge is -2.12. The number of hydrogen-bond acceptors (Lipinski definition) is 1. The van der Waals surface area contributed by atoms with Crippen molar-refractivity contribution < 1.29 is 4.79 Å². The van der Waals surface area contributed by atoms with Gasteiger partial charge in [0.15, 0.2) is 0 Å². The predicted octanol–water partition coefficient (Wildman–Crippen LogP) is 2.03. The Morgan fingerprint density at radius 3 is 2.60 bits per heavy atom.